The normalized spacial score (nSPS) is 25.9. The first kappa shape index (κ1) is 28.6. The smallest absolute Gasteiger partial charge is 0.319 e. The molecule has 2 saturated heterocycles. The van der Waals surface area contributed by atoms with Gasteiger partial charge in [-0.3, -0.25) is 9.69 Å². The number of aromatic nitrogens is 2. The Balaban J connectivity index is 1.32. The molecule has 0 spiro atoms. The maximum Gasteiger partial charge on any atom is 0.319 e. The number of carbonyl (C=O) groups excluding carboxylic acids is 1. The van der Waals surface area contributed by atoms with Crippen molar-refractivity contribution in [3.63, 3.8) is 0 Å². The highest BCUT2D eigenvalue weighted by atomic mass is 19.1. The minimum absolute atomic E-state index is 0.0645. The minimum Gasteiger partial charge on any atom is -0.462 e. The second-order valence-electron chi connectivity index (χ2n) is 12.4. The Hall–Kier alpha value is -4.17. The van der Waals surface area contributed by atoms with Crippen molar-refractivity contribution in [2.75, 3.05) is 44.7 Å². The monoisotopic (exact) mass is 602 g/mol. The van der Waals surface area contributed by atoms with E-state index in [-0.39, 0.29) is 66.4 Å². The molecule has 1 aromatic heterocycles. The fourth-order valence-corrected chi connectivity index (χ4v) is 7.38. The number of piperazine rings is 1. The van der Waals surface area contributed by atoms with Gasteiger partial charge in [0.15, 0.2) is 5.82 Å². The summed E-state index contributed by atoms with van der Waals surface area (Å²) in [4.78, 5) is 26.8. The van der Waals surface area contributed by atoms with Crippen molar-refractivity contribution in [2.45, 2.75) is 49.9 Å². The van der Waals surface area contributed by atoms with Crippen LogP contribution < -0.4 is 9.64 Å². The Morgan fingerprint density at radius 1 is 1.20 bits per heavy atom. The van der Waals surface area contributed by atoms with Gasteiger partial charge in [0, 0.05) is 37.6 Å². The van der Waals surface area contributed by atoms with E-state index in [1.165, 1.54) is 12.1 Å². The maximum absolute atomic E-state index is 16.6. The summed E-state index contributed by atoms with van der Waals surface area (Å²) < 4.78 is 52.7. The highest BCUT2D eigenvalue weighted by Crippen LogP contribution is 2.59. The minimum atomic E-state index is -0.963. The van der Waals surface area contributed by atoms with E-state index >= 15 is 8.78 Å². The summed E-state index contributed by atoms with van der Waals surface area (Å²) in [6.45, 7) is 4.76. The first-order chi connectivity index (χ1) is 21.3. The number of alkyl halides is 1. The van der Waals surface area contributed by atoms with Gasteiger partial charge >= 0.3 is 6.01 Å². The lowest BCUT2D eigenvalue weighted by atomic mass is 9.93. The molecule has 2 aliphatic heterocycles. The lowest BCUT2D eigenvalue weighted by Gasteiger charge is -2.41. The third kappa shape index (κ3) is 4.85. The van der Waals surface area contributed by atoms with E-state index in [1.807, 2.05) is 29.0 Å². The number of nitrogens with zero attached hydrogens (tertiary/aromatic N) is 6. The average Bonchev–Trinajstić information content (AvgIpc) is 3.55. The van der Waals surface area contributed by atoms with Crippen molar-refractivity contribution >= 4 is 22.6 Å². The van der Waals surface area contributed by atoms with Gasteiger partial charge in [-0.2, -0.15) is 15.2 Å². The zero-order chi connectivity index (χ0) is 30.7. The standard InChI is InChI=1S/C33H33F3N6O2/c1-3-27(43)42-10-9-41(16-21(42)7-8-37)32-25-14-26(35)29(23-6-4-5-18-11-19-12-24(19)28(18)23)30(36)31(25)38-33(39-32)44-17-22-13-20(34)15-40(22)2/h3-6,14,19-22,24H,1,7,9-13,15-17H2,2H3/t19?,20-,21+,22+,24?/m1/s1. The van der Waals surface area contributed by atoms with Crippen LogP contribution in [0.15, 0.2) is 36.9 Å². The summed E-state index contributed by atoms with van der Waals surface area (Å²) in [7, 11) is 1.82. The molecule has 228 valence electrons. The van der Waals surface area contributed by atoms with Gasteiger partial charge in [0.2, 0.25) is 5.91 Å². The predicted octanol–water partition coefficient (Wildman–Crippen LogP) is 4.77. The highest BCUT2D eigenvalue weighted by molar-refractivity contribution is 5.95. The third-order valence-corrected chi connectivity index (χ3v) is 9.69. The summed E-state index contributed by atoms with van der Waals surface area (Å²) in [5, 5.41) is 9.64. The first-order valence-corrected chi connectivity index (χ1v) is 15.1. The molecule has 8 nitrogen and oxygen atoms in total. The summed E-state index contributed by atoms with van der Waals surface area (Å²) in [5.41, 5.74) is 2.52. The van der Waals surface area contributed by atoms with Crippen LogP contribution in [-0.4, -0.2) is 83.8 Å². The predicted molar refractivity (Wildman–Crippen MR) is 159 cm³/mol. The lowest BCUT2D eigenvalue weighted by Crippen LogP contribution is -2.55. The molecule has 4 aliphatic rings. The van der Waals surface area contributed by atoms with Crippen molar-refractivity contribution in [3.05, 3.63) is 59.7 Å². The van der Waals surface area contributed by atoms with Gasteiger partial charge in [-0.1, -0.05) is 24.8 Å². The molecule has 2 aliphatic carbocycles. The van der Waals surface area contributed by atoms with Crippen molar-refractivity contribution in [2.24, 2.45) is 5.92 Å². The number of fused-ring (bicyclic) bond motifs is 4. The van der Waals surface area contributed by atoms with Gasteiger partial charge in [0.25, 0.3) is 0 Å². The Morgan fingerprint density at radius 3 is 2.80 bits per heavy atom. The van der Waals surface area contributed by atoms with E-state index in [1.54, 1.807) is 11.0 Å². The number of likely N-dealkylation sites (N-methyl/N-ethyl adjacent to an activating group) is 1. The van der Waals surface area contributed by atoms with Crippen molar-refractivity contribution in [1.82, 2.24) is 19.8 Å². The van der Waals surface area contributed by atoms with Crippen LogP contribution in [0.3, 0.4) is 0 Å². The number of amides is 1. The van der Waals surface area contributed by atoms with E-state index in [0.717, 1.165) is 24.0 Å². The van der Waals surface area contributed by atoms with Gasteiger partial charge in [0.05, 0.1) is 24.1 Å². The highest BCUT2D eigenvalue weighted by Gasteiger charge is 2.46. The molecular formula is C33H33F3N6O2. The quantitative estimate of drug-likeness (QED) is 0.360. The summed E-state index contributed by atoms with van der Waals surface area (Å²) in [6, 6.07) is 8.29. The molecule has 0 N–H and O–H groups in total. The maximum atomic E-state index is 16.6. The molecule has 2 aromatic carbocycles. The topological polar surface area (TPSA) is 85.6 Å². The summed E-state index contributed by atoms with van der Waals surface area (Å²) in [5.74, 6) is -0.666. The number of rotatable bonds is 7. The fourth-order valence-electron chi connectivity index (χ4n) is 7.38. The molecule has 3 heterocycles. The molecule has 1 amide bonds. The van der Waals surface area contributed by atoms with E-state index in [9.17, 15) is 14.4 Å². The van der Waals surface area contributed by atoms with Crippen molar-refractivity contribution in [3.8, 4) is 23.2 Å². The zero-order valence-corrected chi connectivity index (χ0v) is 24.5. The van der Waals surface area contributed by atoms with Crippen LogP contribution in [0.4, 0.5) is 19.0 Å². The van der Waals surface area contributed by atoms with Crippen LogP contribution in [-0.2, 0) is 11.2 Å². The number of anilines is 1. The Kier molecular flexibility index (Phi) is 7.20. The van der Waals surface area contributed by atoms with Crippen LogP contribution in [0.1, 0.15) is 36.3 Å². The molecule has 0 bridgehead atoms. The van der Waals surface area contributed by atoms with Gasteiger partial charge in [-0.15, -0.1) is 0 Å². The molecule has 11 heteroatoms. The number of halogens is 3. The number of benzene rings is 2. The molecular weight excluding hydrogens is 569 g/mol. The lowest BCUT2D eigenvalue weighted by molar-refractivity contribution is -0.128. The Bertz CT molecular complexity index is 1710. The zero-order valence-electron chi connectivity index (χ0n) is 24.5. The SMILES string of the molecule is C=CC(=O)N1CCN(c2nc(OC[C@@H]3C[C@@H](F)CN3C)nc3c(F)c(-c4cccc5c4C4CC4C5)c(F)cc23)C[C@@H]1CC#N. The third-order valence-electron chi connectivity index (χ3n) is 9.69. The van der Waals surface area contributed by atoms with E-state index < -0.39 is 23.8 Å². The van der Waals surface area contributed by atoms with Gasteiger partial charge < -0.3 is 14.5 Å². The Morgan fingerprint density at radius 2 is 2.05 bits per heavy atom. The van der Waals surface area contributed by atoms with Crippen LogP contribution in [0.25, 0.3) is 22.0 Å². The van der Waals surface area contributed by atoms with Gasteiger partial charge in [-0.05, 0) is 67.0 Å². The van der Waals surface area contributed by atoms with Crippen molar-refractivity contribution < 1.29 is 22.7 Å². The number of hydrogen-bond acceptors (Lipinski definition) is 7. The molecule has 7 rings (SSSR count). The number of likely N-dealkylation sites (tertiary alicyclic amines) is 1. The molecule has 5 atom stereocenters. The number of hydrogen-bond donors (Lipinski definition) is 0. The number of carbonyl (C=O) groups is 1. The summed E-state index contributed by atoms with van der Waals surface area (Å²) in [6.07, 6.45) is 2.57. The van der Waals surface area contributed by atoms with E-state index in [0.29, 0.717) is 36.9 Å². The second-order valence-corrected chi connectivity index (χ2v) is 12.4. The summed E-state index contributed by atoms with van der Waals surface area (Å²) >= 11 is 0. The van der Waals surface area contributed by atoms with Crippen molar-refractivity contribution in [1.29, 1.82) is 5.26 Å². The Labute approximate surface area is 253 Å². The fraction of sp³-hybridized carbons (Fsp3) is 0.455. The van der Waals surface area contributed by atoms with Gasteiger partial charge in [0.1, 0.15) is 29.9 Å². The van der Waals surface area contributed by atoms with E-state index in [4.69, 9.17) is 4.74 Å². The molecule has 2 unspecified atom stereocenters. The molecule has 0 radical (unpaired) electrons. The largest absolute Gasteiger partial charge is 0.462 e. The second kappa shape index (κ2) is 11.1. The van der Waals surface area contributed by atoms with E-state index in [2.05, 4.69) is 22.6 Å². The average molecular weight is 603 g/mol. The molecule has 3 fully saturated rings. The number of ether oxygens (including phenoxy) is 1. The molecule has 1 saturated carbocycles. The molecule has 3 aromatic rings. The van der Waals surface area contributed by atoms with Crippen LogP contribution in [0.5, 0.6) is 6.01 Å². The first-order valence-electron chi connectivity index (χ1n) is 15.1. The van der Waals surface area contributed by atoms with Crippen LogP contribution >= 0.6 is 0 Å². The molecule has 44 heavy (non-hydrogen) atoms. The van der Waals surface area contributed by atoms with Gasteiger partial charge in [-0.25, -0.2) is 13.2 Å². The van der Waals surface area contributed by atoms with Crippen LogP contribution in [0, 0.1) is 28.9 Å². The van der Waals surface area contributed by atoms with Crippen LogP contribution in [0.2, 0.25) is 0 Å². The number of nitriles is 1.